The van der Waals surface area contributed by atoms with Gasteiger partial charge >= 0.3 is 5.97 Å². The van der Waals surface area contributed by atoms with E-state index in [1.54, 1.807) is 62.4 Å². The van der Waals surface area contributed by atoms with E-state index in [1.807, 2.05) is 0 Å². The number of halogens is 1. The number of ether oxygens (including phenoxy) is 2. The highest BCUT2D eigenvalue weighted by Gasteiger charge is 2.16. The minimum atomic E-state index is -0.738. The lowest BCUT2D eigenvalue weighted by Crippen LogP contribution is -2.30. The van der Waals surface area contributed by atoms with Gasteiger partial charge in [-0.1, -0.05) is 17.7 Å². The van der Waals surface area contributed by atoms with Gasteiger partial charge in [-0.3, -0.25) is 4.79 Å². The number of rotatable bonds is 6. The fourth-order valence-electron chi connectivity index (χ4n) is 1.95. The molecule has 2 aromatic carbocycles. The van der Waals surface area contributed by atoms with Crippen molar-refractivity contribution in [3.8, 4) is 5.75 Å². The summed E-state index contributed by atoms with van der Waals surface area (Å²) in [5, 5.41) is 3.32. The Labute approximate surface area is 145 Å². The van der Waals surface area contributed by atoms with E-state index in [-0.39, 0.29) is 5.91 Å². The Bertz CT molecular complexity index is 715. The van der Waals surface area contributed by atoms with E-state index >= 15 is 0 Å². The van der Waals surface area contributed by atoms with Crippen molar-refractivity contribution in [3.05, 3.63) is 59.1 Å². The zero-order valence-corrected chi connectivity index (χ0v) is 14.2. The van der Waals surface area contributed by atoms with Gasteiger partial charge < -0.3 is 14.8 Å². The van der Waals surface area contributed by atoms with Crippen LogP contribution in [0.1, 0.15) is 24.2 Å². The smallest absolute Gasteiger partial charge is 0.338 e. The van der Waals surface area contributed by atoms with Crippen LogP contribution >= 0.6 is 11.6 Å². The van der Waals surface area contributed by atoms with Crippen molar-refractivity contribution in [3.63, 3.8) is 0 Å². The highest BCUT2D eigenvalue weighted by atomic mass is 35.5. The first kappa shape index (κ1) is 17.8. The van der Waals surface area contributed by atoms with Crippen LogP contribution in [0.15, 0.2) is 48.5 Å². The average Bonchev–Trinajstić information content (AvgIpc) is 2.57. The summed E-state index contributed by atoms with van der Waals surface area (Å²) in [4.78, 5) is 23.9. The first-order chi connectivity index (χ1) is 11.5. The van der Waals surface area contributed by atoms with Crippen LogP contribution in [0.5, 0.6) is 5.75 Å². The van der Waals surface area contributed by atoms with Crippen LogP contribution in [0, 0.1) is 0 Å². The molecule has 0 unspecified atom stereocenters. The van der Waals surface area contributed by atoms with Gasteiger partial charge in [-0.25, -0.2) is 4.79 Å². The van der Waals surface area contributed by atoms with Crippen LogP contribution in [-0.2, 0) is 9.53 Å². The molecule has 0 aliphatic carbocycles. The zero-order valence-electron chi connectivity index (χ0n) is 13.4. The van der Waals surface area contributed by atoms with E-state index in [9.17, 15) is 9.59 Å². The largest absolute Gasteiger partial charge is 0.481 e. The number of nitrogens with one attached hydrogen (secondary N) is 1. The van der Waals surface area contributed by atoms with Crippen molar-refractivity contribution in [2.45, 2.75) is 20.0 Å². The maximum absolute atomic E-state index is 12.2. The van der Waals surface area contributed by atoms with Crippen molar-refractivity contribution < 1.29 is 19.1 Å². The van der Waals surface area contributed by atoms with E-state index in [1.165, 1.54) is 0 Å². The lowest BCUT2D eigenvalue weighted by atomic mass is 10.2. The number of carbonyl (C=O) groups is 2. The van der Waals surface area contributed by atoms with Gasteiger partial charge in [-0.2, -0.15) is 0 Å². The summed E-state index contributed by atoms with van der Waals surface area (Å²) in [6.07, 6.45) is -0.738. The van der Waals surface area contributed by atoms with Gasteiger partial charge in [0, 0.05) is 10.7 Å². The third kappa shape index (κ3) is 4.99. The summed E-state index contributed by atoms with van der Waals surface area (Å²) in [7, 11) is 0. The molecular weight excluding hydrogens is 330 g/mol. The van der Waals surface area contributed by atoms with E-state index < -0.39 is 12.1 Å². The number of benzene rings is 2. The molecule has 126 valence electrons. The number of hydrogen-bond acceptors (Lipinski definition) is 4. The quantitative estimate of drug-likeness (QED) is 0.804. The second-order valence-corrected chi connectivity index (χ2v) is 5.44. The minimum Gasteiger partial charge on any atom is -0.481 e. The van der Waals surface area contributed by atoms with E-state index in [4.69, 9.17) is 21.1 Å². The van der Waals surface area contributed by atoms with Gasteiger partial charge in [0.25, 0.3) is 5.91 Å². The lowest BCUT2D eigenvalue weighted by molar-refractivity contribution is -0.122. The van der Waals surface area contributed by atoms with E-state index in [0.29, 0.717) is 28.6 Å². The van der Waals surface area contributed by atoms with Crippen molar-refractivity contribution in [1.29, 1.82) is 0 Å². The molecule has 1 atom stereocenters. The summed E-state index contributed by atoms with van der Waals surface area (Å²) in [5.74, 6) is -0.320. The Hall–Kier alpha value is -2.53. The van der Waals surface area contributed by atoms with Gasteiger partial charge in [0.1, 0.15) is 5.75 Å². The predicted molar refractivity (Wildman–Crippen MR) is 92.6 cm³/mol. The molecule has 0 saturated heterocycles. The Morgan fingerprint density at radius 3 is 2.54 bits per heavy atom. The summed E-state index contributed by atoms with van der Waals surface area (Å²) in [5.41, 5.74) is 1.000. The molecule has 5 nitrogen and oxygen atoms in total. The van der Waals surface area contributed by atoms with Crippen LogP contribution in [-0.4, -0.2) is 24.6 Å². The lowest BCUT2D eigenvalue weighted by Gasteiger charge is -2.15. The van der Waals surface area contributed by atoms with E-state index in [2.05, 4.69) is 5.32 Å². The highest BCUT2D eigenvalue weighted by molar-refractivity contribution is 6.30. The summed E-state index contributed by atoms with van der Waals surface area (Å²) in [6, 6.07) is 13.3. The molecule has 1 N–H and O–H groups in total. The summed E-state index contributed by atoms with van der Waals surface area (Å²) >= 11 is 5.81. The molecule has 0 radical (unpaired) electrons. The molecule has 0 aromatic heterocycles. The Morgan fingerprint density at radius 2 is 1.88 bits per heavy atom. The molecule has 0 fully saturated rings. The molecule has 0 heterocycles. The second-order valence-electron chi connectivity index (χ2n) is 5.00. The number of anilines is 1. The molecule has 2 rings (SSSR count). The average molecular weight is 348 g/mol. The number of esters is 1. The van der Waals surface area contributed by atoms with Crippen LogP contribution in [0.25, 0.3) is 0 Å². The number of hydrogen-bond donors (Lipinski definition) is 1. The van der Waals surface area contributed by atoms with Crippen LogP contribution in [0.2, 0.25) is 5.02 Å². The first-order valence-electron chi connectivity index (χ1n) is 7.50. The fraction of sp³-hybridized carbons (Fsp3) is 0.222. The van der Waals surface area contributed by atoms with Gasteiger partial charge in [0.15, 0.2) is 6.10 Å². The second kappa shape index (κ2) is 8.36. The molecule has 1 amide bonds. The SMILES string of the molecule is CCOC(=O)c1cccc(O[C@@H](C)C(=O)Nc2ccc(Cl)cc2)c1. The molecule has 0 bridgehead atoms. The normalized spacial score (nSPS) is 11.5. The van der Waals surface area contributed by atoms with Crippen LogP contribution in [0.4, 0.5) is 5.69 Å². The molecular formula is C18H18ClNO4. The third-order valence-electron chi connectivity index (χ3n) is 3.14. The van der Waals surface area contributed by atoms with Crippen molar-refractivity contribution in [2.24, 2.45) is 0 Å². The summed E-state index contributed by atoms with van der Waals surface area (Å²) in [6.45, 7) is 3.66. The monoisotopic (exact) mass is 347 g/mol. The zero-order chi connectivity index (χ0) is 17.5. The standard InChI is InChI=1S/C18H18ClNO4/c1-3-23-18(22)13-5-4-6-16(11-13)24-12(2)17(21)20-15-9-7-14(19)8-10-15/h4-12H,3H2,1-2H3,(H,20,21)/t12-/m0/s1. The van der Waals surface area contributed by atoms with Crippen molar-refractivity contribution >= 4 is 29.2 Å². The number of carbonyl (C=O) groups excluding carboxylic acids is 2. The predicted octanol–water partition coefficient (Wildman–Crippen LogP) is 3.92. The molecule has 0 saturated carbocycles. The van der Waals surface area contributed by atoms with E-state index in [0.717, 1.165) is 0 Å². The van der Waals surface area contributed by atoms with Gasteiger partial charge in [0.2, 0.25) is 0 Å². The maximum atomic E-state index is 12.2. The Balaban J connectivity index is 1.99. The van der Waals surface area contributed by atoms with Crippen molar-refractivity contribution in [1.82, 2.24) is 0 Å². The third-order valence-corrected chi connectivity index (χ3v) is 3.39. The molecule has 0 aliphatic heterocycles. The molecule has 2 aromatic rings. The molecule has 6 heteroatoms. The maximum Gasteiger partial charge on any atom is 0.338 e. The molecule has 0 aliphatic rings. The van der Waals surface area contributed by atoms with Crippen LogP contribution in [0.3, 0.4) is 0 Å². The van der Waals surface area contributed by atoms with Gasteiger partial charge in [-0.05, 0) is 56.3 Å². The Morgan fingerprint density at radius 1 is 1.17 bits per heavy atom. The molecule has 0 spiro atoms. The summed E-state index contributed by atoms with van der Waals surface area (Å²) < 4.78 is 10.5. The van der Waals surface area contributed by atoms with Crippen LogP contribution < -0.4 is 10.1 Å². The first-order valence-corrected chi connectivity index (χ1v) is 7.87. The minimum absolute atomic E-state index is 0.295. The fourth-order valence-corrected chi connectivity index (χ4v) is 2.07. The molecule has 24 heavy (non-hydrogen) atoms. The Kier molecular flexibility index (Phi) is 6.21. The van der Waals surface area contributed by atoms with Crippen molar-refractivity contribution in [2.75, 3.05) is 11.9 Å². The van der Waals surface area contributed by atoms with Gasteiger partial charge in [-0.15, -0.1) is 0 Å². The number of amides is 1. The topological polar surface area (TPSA) is 64.6 Å². The highest BCUT2D eigenvalue weighted by Crippen LogP contribution is 2.17. The van der Waals surface area contributed by atoms with Gasteiger partial charge in [0.05, 0.1) is 12.2 Å².